The van der Waals surface area contributed by atoms with Crippen molar-refractivity contribution in [2.75, 3.05) is 18.5 Å². The van der Waals surface area contributed by atoms with Crippen LogP contribution in [-0.4, -0.2) is 23.6 Å². The van der Waals surface area contributed by atoms with Gasteiger partial charge in [-0.15, -0.1) is 0 Å². The maximum atomic E-state index is 2.50. The van der Waals surface area contributed by atoms with Crippen LogP contribution in [-0.2, 0) is 0 Å². The van der Waals surface area contributed by atoms with Crippen LogP contribution in [0.2, 0.25) is 0 Å². The van der Waals surface area contributed by atoms with Crippen LogP contribution in [0.15, 0.2) is 0 Å². The first kappa shape index (κ1) is 45.4. The fourth-order valence-electron chi connectivity index (χ4n) is 8.90. The minimum absolute atomic E-state index is 0.677. The molecule has 0 radical (unpaired) electrons. The number of rotatable bonds is 37. The molecule has 0 heterocycles. The molecule has 0 fully saturated rings. The number of hydrogen-bond donors (Lipinski definition) is 0. The molecule has 0 aliphatic carbocycles. The Morgan fingerprint density at radius 3 is 0.956 bits per heavy atom. The van der Waals surface area contributed by atoms with Crippen LogP contribution in [0.5, 0.6) is 0 Å². The van der Waals surface area contributed by atoms with Crippen molar-refractivity contribution in [3.05, 3.63) is 0 Å². The topological polar surface area (TPSA) is 0 Å². The maximum Gasteiger partial charge on any atom is 0.0827 e. The van der Waals surface area contributed by atoms with Crippen LogP contribution in [0.25, 0.3) is 0 Å². The Morgan fingerprint density at radius 1 is 0.311 bits per heavy atom. The Balaban J connectivity index is 6.73. The second kappa shape index (κ2) is 33.0. The SMILES string of the molecule is CCCCCCCC[P+](CCCCCCCC)(CCCCCCCC)C(CCCC)(CCCC)C(CCCC)CCCCCC. The third-order valence-electron chi connectivity index (χ3n) is 11.8. The van der Waals surface area contributed by atoms with Gasteiger partial charge >= 0.3 is 0 Å². The molecule has 1 atom stereocenters. The largest absolute Gasteiger partial charge is 0.0827 e. The summed E-state index contributed by atoms with van der Waals surface area (Å²) in [7, 11) is -1.12. The molecule has 1 heteroatoms. The first-order chi connectivity index (χ1) is 22.1. The molecule has 0 rings (SSSR count). The van der Waals surface area contributed by atoms with Crippen LogP contribution in [0.3, 0.4) is 0 Å². The van der Waals surface area contributed by atoms with Crippen molar-refractivity contribution in [2.24, 2.45) is 5.92 Å². The Bertz CT molecular complexity index is 519. The Hall–Kier alpha value is 0.430. The summed E-state index contributed by atoms with van der Waals surface area (Å²) in [5.41, 5.74) is 0. The van der Waals surface area contributed by atoms with Gasteiger partial charge in [-0.3, -0.25) is 0 Å². The van der Waals surface area contributed by atoms with E-state index in [1.807, 2.05) is 0 Å². The molecule has 45 heavy (non-hydrogen) atoms. The fraction of sp³-hybridized carbons (Fsp3) is 1.00. The molecule has 272 valence electrons. The van der Waals surface area contributed by atoms with Gasteiger partial charge in [0.25, 0.3) is 0 Å². The second-order valence-electron chi connectivity index (χ2n) is 15.6. The summed E-state index contributed by atoms with van der Waals surface area (Å²) in [6, 6.07) is 0. The summed E-state index contributed by atoms with van der Waals surface area (Å²) >= 11 is 0. The molecule has 0 N–H and O–H groups in total. The van der Waals surface area contributed by atoms with Gasteiger partial charge in [-0.1, -0.05) is 177 Å². The molecule has 1 unspecified atom stereocenters. The van der Waals surface area contributed by atoms with Gasteiger partial charge in [-0.25, -0.2) is 0 Å². The zero-order valence-corrected chi connectivity index (χ0v) is 34.2. The lowest BCUT2D eigenvalue weighted by atomic mass is 9.77. The summed E-state index contributed by atoms with van der Waals surface area (Å²) in [5, 5.41) is 0.677. The highest BCUT2D eigenvalue weighted by Gasteiger charge is 2.58. The zero-order valence-electron chi connectivity index (χ0n) is 33.3. The molecule has 0 bridgehead atoms. The molecule has 0 aromatic rings. The Labute approximate surface area is 290 Å². The molecule has 0 aliphatic rings. The van der Waals surface area contributed by atoms with Crippen LogP contribution >= 0.6 is 7.26 Å². The predicted octanol–water partition coefficient (Wildman–Crippen LogP) is 17.0. The van der Waals surface area contributed by atoms with Crippen LogP contribution in [0.1, 0.15) is 254 Å². The lowest BCUT2D eigenvalue weighted by molar-refractivity contribution is 0.264. The number of hydrogen-bond acceptors (Lipinski definition) is 0. The summed E-state index contributed by atoms with van der Waals surface area (Å²) in [6.45, 7) is 17.0. The Kier molecular flexibility index (Phi) is 33.3. The maximum absolute atomic E-state index is 2.50. The highest BCUT2D eigenvalue weighted by Crippen LogP contribution is 2.76. The quantitative estimate of drug-likeness (QED) is 0.0463. The molecule has 0 spiro atoms. The minimum Gasteiger partial charge on any atom is -0.0654 e. The van der Waals surface area contributed by atoms with Gasteiger partial charge in [0.15, 0.2) is 0 Å². The van der Waals surface area contributed by atoms with Crippen LogP contribution < -0.4 is 0 Å². The molecule has 0 nitrogen and oxygen atoms in total. The standard InChI is InChI=1S/C44H92P/c1-8-15-22-26-29-33-40-45(41-34-30-27-23-16-9-2,42-35-31-28-24-17-10-3)44(38-20-13-6,39-21-14-7)43(36-19-12-5)37-32-25-18-11-4/h43H,8-42H2,1-7H3/q+1. The third kappa shape index (κ3) is 20.5. The lowest BCUT2D eigenvalue weighted by Gasteiger charge is -2.51. The molecule has 0 aromatic carbocycles. The third-order valence-corrected chi connectivity index (χ3v) is 18.0. The van der Waals surface area contributed by atoms with Crippen LogP contribution in [0.4, 0.5) is 0 Å². The predicted molar refractivity (Wildman–Crippen MR) is 215 cm³/mol. The van der Waals surface area contributed by atoms with Crippen molar-refractivity contribution in [3.8, 4) is 0 Å². The molecule has 0 amide bonds. The lowest BCUT2D eigenvalue weighted by Crippen LogP contribution is -2.44. The molecule has 0 aromatic heterocycles. The van der Waals surface area contributed by atoms with Crippen molar-refractivity contribution >= 4 is 7.26 Å². The van der Waals surface area contributed by atoms with E-state index in [0.29, 0.717) is 5.16 Å². The van der Waals surface area contributed by atoms with Crippen LogP contribution in [0, 0.1) is 5.92 Å². The average Bonchev–Trinajstić information content (AvgIpc) is 3.05. The van der Waals surface area contributed by atoms with Crippen molar-refractivity contribution in [1.29, 1.82) is 0 Å². The van der Waals surface area contributed by atoms with Gasteiger partial charge in [-0.2, -0.15) is 0 Å². The molecule has 0 aliphatic heterocycles. The van der Waals surface area contributed by atoms with Gasteiger partial charge in [0.05, 0.1) is 23.6 Å². The summed E-state index contributed by atoms with van der Waals surface area (Å²) < 4.78 is 0. The number of unbranched alkanes of at least 4 members (excludes halogenated alkanes) is 21. The summed E-state index contributed by atoms with van der Waals surface area (Å²) in [4.78, 5) is 0. The molecular weight excluding hydrogens is 559 g/mol. The van der Waals surface area contributed by atoms with E-state index in [1.54, 1.807) is 63.4 Å². The first-order valence-electron chi connectivity index (χ1n) is 21.9. The van der Waals surface area contributed by atoms with E-state index in [4.69, 9.17) is 0 Å². The molecule has 0 saturated heterocycles. The molecule has 0 saturated carbocycles. The first-order valence-corrected chi connectivity index (χ1v) is 24.3. The van der Waals surface area contributed by atoms with E-state index in [1.165, 1.54) is 161 Å². The summed E-state index contributed by atoms with van der Waals surface area (Å²) in [5.74, 6) is 1.00. The van der Waals surface area contributed by atoms with E-state index in [9.17, 15) is 0 Å². The van der Waals surface area contributed by atoms with Gasteiger partial charge < -0.3 is 0 Å². The van der Waals surface area contributed by atoms with E-state index in [-0.39, 0.29) is 0 Å². The smallest absolute Gasteiger partial charge is 0.0654 e. The minimum atomic E-state index is -1.12. The van der Waals surface area contributed by atoms with E-state index in [2.05, 4.69) is 48.5 Å². The van der Waals surface area contributed by atoms with Gasteiger partial charge in [0.1, 0.15) is 0 Å². The molecular formula is C44H92P+. The Morgan fingerprint density at radius 2 is 0.600 bits per heavy atom. The van der Waals surface area contributed by atoms with E-state index < -0.39 is 7.26 Å². The second-order valence-corrected chi connectivity index (χ2v) is 20.1. The van der Waals surface area contributed by atoms with Crippen molar-refractivity contribution in [1.82, 2.24) is 0 Å². The van der Waals surface area contributed by atoms with Gasteiger partial charge in [-0.05, 0) is 83.0 Å². The summed E-state index contributed by atoms with van der Waals surface area (Å²) in [6.07, 6.45) is 52.3. The van der Waals surface area contributed by atoms with Crippen molar-refractivity contribution in [3.63, 3.8) is 0 Å². The van der Waals surface area contributed by atoms with Crippen molar-refractivity contribution < 1.29 is 0 Å². The monoisotopic (exact) mass is 652 g/mol. The van der Waals surface area contributed by atoms with E-state index >= 15 is 0 Å². The highest BCUT2D eigenvalue weighted by molar-refractivity contribution is 7.77. The van der Waals surface area contributed by atoms with Crippen molar-refractivity contribution in [2.45, 2.75) is 259 Å². The fourth-order valence-corrected chi connectivity index (χ4v) is 15.7. The van der Waals surface area contributed by atoms with Gasteiger partial charge in [0.2, 0.25) is 0 Å². The van der Waals surface area contributed by atoms with Gasteiger partial charge in [0, 0.05) is 7.26 Å². The highest BCUT2D eigenvalue weighted by atomic mass is 31.2. The van der Waals surface area contributed by atoms with E-state index in [0.717, 1.165) is 5.92 Å². The zero-order chi connectivity index (χ0) is 33.3. The average molecular weight is 652 g/mol. The normalized spacial score (nSPS) is 13.1.